The molecule has 2 aliphatic rings. The fourth-order valence-corrected chi connectivity index (χ4v) is 1.92. The van der Waals surface area contributed by atoms with E-state index in [1.807, 2.05) is 0 Å². The summed E-state index contributed by atoms with van der Waals surface area (Å²) in [4.78, 5) is 0. The summed E-state index contributed by atoms with van der Waals surface area (Å²) in [6, 6.07) is 0. The first-order valence-corrected chi connectivity index (χ1v) is 5.45. The molecule has 2 nitrogen and oxygen atoms in total. The van der Waals surface area contributed by atoms with Crippen molar-refractivity contribution in [2.75, 3.05) is 0 Å². The molecule has 1 N–H and O–H groups in total. The predicted octanol–water partition coefficient (Wildman–Crippen LogP) is 3.54. The Bertz CT molecular complexity index is 133. The Kier molecular flexibility index (Phi) is 9.53. The van der Waals surface area contributed by atoms with Crippen LogP contribution in [0.5, 0.6) is 0 Å². The third kappa shape index (κ3) is 6.44. The second-order valence-corrected chi connectivity index (χ2v) is 3.88. The fraction of sp³-hybridized carbons (Fsp3) is 0.818. The van der Waals surface area contributed by atoms with Gasteiger partial charge < -0.3 is 5.21 Å². The monoisotopic (exact) mass is 238 g/mol. The zero-order chi connectivity index (χ0) is 9.36. The number of oxime groups is 1. The Balaban J connectivity index is 0.000000246. The standard InChI is InChI=1S/C6H10NO.C5H10.Fe/c8-7-5-6-3-1-2-4-6;1-2-4-5-3-1;/h5,8H,1-4H2;1-5H2;/b7-5+;;. The van der Waals surface area contributed by atoms with Crippen molar-refractivity contribution in [2.24, 2.45) is 5.16 Å². The maximum absolute atomic E-state index is 8.08. The first-order valence-electron chi connectivity index (χ1n) is 5.45. The van der Waals surface area contributed by atoms with Crippen LogP contribution in [0.1, 0.15) is 57.8 Å². The Morgan fingerprint density at radius 3 is 1.64 bits per heavy atom. The van der Waals surface area contributed by atoms with Crippen molar-refractivity contribution < 1.29 is 22.3 Å². The van der Waals surface area contributed by atoms with Crippen molar-refractivity contribution >= 4 is 6.21 Å². The third-order valence-electron chi connectivity index (χ3n) is 2.74. The first kappa shape index (κ1) is 14.0. The van der Waals surface area contributed by atoms with E-state index in [1.54, 1.807) is 6.21 Å². The zero-order valence-corrected chi connectivity index (χ0v) is 9.79. The van der Waals surface area contributed by atoms with Gasteiger partial charge in [-0.1, -0.05) is 44.9 Å². The molecule has 0 saturated heterocycles. The van der Waals surface area contributed by atoms with E-state index in [2.05, 4.69) is 5.16 Å². The molecule has 2 fully saturated rings. The minimum Gasteiger partial charge on any atom is -0.411 e. The summed E-state index contributed by atoms with van der Waals surface area (Å²) in [5.41, 5.74) is 0. The first-order chi connectivity index (χ1) is 6.43. The summed E-state index contributed by atoms with van der Waals surface area (Å²) in [7, 11) is 0. The molecule has 0 aliphatic heterocycles. The molecular formula is C11H20FeNO. The molecule has 0 amide bonds. The van der Waals surface area contributed by atoms with Gasteiger partial charge >= 0.3 is 0 Å². The molecule has 0 spiro atoms. The van der Waals surface area contributed by atoms with Crippen molar-refractivity contribution in [1.29, 1.82) is 0 Å². The minimum absolute atomic E-state index is 0. The molecule has 14 heavy (non-hydrogen) atoms. The Morgan fingerprint density at radius 2 is 1.29 bits per heavy atom. The maximum atomic E-state index is 8.08. The van der Waals surface area contributed by atoms with Crippen LogP contribution in [-0.4, -0.2) is 11.4 Å². The van der Waals surface area contributed by atoms with Crippen LogP contribution in [0.3, 0.4) is 0 Å². The molecule has 0 bridgehead atoms. The molecule has 0 aromatic heterocycles. The molecule has 0 aromatic carbocycles. The summed E-state index contributed by atoms with van der Waals surface area (Å²) >= 11 is 0. The average molecular weight is 238 g/mol. The molecule has 0 aromatic rings. The largest absolute Gasteiger partial charge is 0.411 e. The van der Waals surface area contributed by atoms with E-state index < -0.39 is 0 Å². The predicted molar refractivity (Wildman–Crippen MR) is 55.1 cm³/mol. The van der Waals surface area contributed by atoms with Crippen LogP contribution in [0.25, 0.3) is 0 Å². The van der Waals surface area contributed by atoms with Crippen molar-refractivity contribution in [3.8, 4) is 0 Å². The Labute approximate surface area is 97.6 Å². The van der Waals surface area contributed by atoms with E-state index in [0.29, 0.717) is 0 Å². The van der Waals surface area contributed by atoms with E-state index in [9.17, 15) is 0 Å². The van der Waals surface area contributed by atoms with Gasteiger partial charge in [0, 0.05) is 23.0 Å². The van der Waals surface area contributed by atoms with Crippen LogP contribution in [0.15, 0.2) is 5.16 Å². The van der Waals surface area contributed by atoms with E-state index in [0.717, 1.165) is 12.8 Å². The molecule has 2 saturated carbocycles. The van der Waals surface area contributed by atoms with Gasteiger partial charge in [-0.15, -0.1) is 5.16 Å². The Hall–Kier alpha value is -0.0105. The molecule has 83 valence electrons. The van der Waals surface area contributed by atoms with Gasteiger partial charge in [-0.05, 0) is 12.8 Å². The quantitative estimate of drug-likeness (QED) is 0.322. The van der Waals surface area contributed by atoms with Crippen molar-refractivity contribution in [3.05, 3.63) is 5.92 Å². The summed E-state index contributed by atoms with van der Waals surface area (Å²) in [5.74, 6) is 1.28. The van der Waals surface area contributed by atoms with Crippen LogP contribution < -0.4 is 0 Å². The van der Waals surface area contributed by atoms with Crippen molar-refractivity contribution in [2.45, 2.75) is 57.8 Å². The zero-order valence-electron chi connectivity index (χ0n) is 8.69. The summed E-state index contributed by atoms with van der Waals surface area (Å²) < 4.78 is 0. The SMILES string of the molecule is C1CCCC1.O/N=C/[C]1CCCC1.[Fe]. The second-order valence-electron chi connectivity index (χ2n) is 3.88. The Morgan fingerprint density at radius 1 is 0.857 bits per heavy atom. The molecule has 1 radical (unpaired) electrons. The van der Waals surface area contributed by atoms with E-state index in [4.69, 9.17) is 5.21 Å². The average Bonchev–Trinajstić information content (AvgIpc) is 2.79. The second kappa shape index (κ2) is 9.54. The van der Waals surface area contributed by atoms with E-state index >= 15 is 0 Å². The van der Waals surface area contributed by atoms with Crippen LogP contribution in [0.2, 0.25) is 0 Å². The van der Waals surface area contributed by atoms with Crippen LogP contribution >= 0.6 is 0 Å². The number of hydrogen-bond donors (Lipinski definition) is 1. The molecule has 0 unspecified atom stereocenters. The van der Waals surface area contributed by atoms with E-state index in [1.165, 1.54) is 50.9 Å². The van der Waals surface area contributed by atoms with Gasteiger partial charge in [0.25, 0.3) is 0 Å². The summed E-state index contributed by atoms with van der Waals surface area (Å²) in [5, 5.41) is 11.0. The summed E-state index contributed by atoms with van der Waals surface area (Å²) in [6.45, 7) is 0. The van der Waals surface area contributed by atoms with Gasteiger partial charge in [0.1, 0.15) is 0 Å². The van der Waals surface area contributed by atoms with Crippen LogP contribution in [0, 0.1) is 5.92 Å². The third-order valence-corrected chi connectivity index (χ3v) is 2.74. The van der Waals surface area contributed by atoms with Gasteiger partial charge in [-0.25, -0.2) is 0 Å². The molecule has 2 rings (SSSR count). The van der Waals surface area contributed by atoms with Gasteiger partial charge in [0.05, 0.1) is 6.21 Å². The normalized spacial score (nSPS) is 21.7. The van der Waals surface area contributed by atoms with Crippen molar-refractivity contribution in [3.63, 3.8) is 0 Å². The van der Waals surface area contributed by atoms with Crippen LogP contribution in [-0.2, 0) is 17.1 Å². The van der Waals surface area contributed by atoms with Crippen molar-refractivity contribution in [1.82, 2.24) is 0 Å². The molecule has 0 heterocycles. The van der Waals surface area contributed by atoms with Gasteiger partial charge in [-0.2, -0.15) is 0 Å². The molecule has 2 aliphatic carbocycles. The molecule has 0 atom stereocenters. The van der Waals surface area contributed by atoms with E-state index in [-0.39, 0.29) is 17.1 Å². The van der Waals surface area contributed by atoms with Gasteiger partial charge in [0.2, 0.25) is 0 Å². The maximum Gasteiger partial charge on any atom is 0.0506 e. The number of hydrogen-bond acceptors (Lipinski definition) is 2. The number of rotatable bonds is 1. The topological polar surface area (TPSA) is 32.6 Å². The fourth-order valence-electron chi connectivity index (χ4n) is 1.92. The van der Waals surface area contributed by atoms with Gasteiger partial charge in [-0.3, -0.25) is 0 Å². The summed E-state index contributed by atoms with van der Waals surface area (Å²) in [6.07, 6.45) is 13.9. The number of nitrogens with zero attached hydrogens (tertiary/aromatic N) is 1. The van der Waals surface area contributed by atoms with Crippen LogP contribution in [0.4, 0.5) is 0 Å². The van der Waals surface area contributed by atoms with Gasteiger partial charge in [0.15, 0.2) is 0 Å². The molecule has 3 heteroatoms. The minimum atomic E-state index is 0. The smallest absolute Gasteiger partial charge is 0.0506 e. The molecular weight excluding hydrogens is 218 g/mol.